The summed E-state index contributed by atoms with van der Waals surface area (Å²) in [4.78, 5) is 29.2. The predicted molar refractivity (Wildman–Crippen MR) is 163 cm³/mol. The van der Waals surface area contributed by atoms with E-state index in [0.717, 1.165) is 32.8 Å². The highest BCUT2D eigenvalue weighted by Crippen LogP contribution is 2.33. The Labute approximate surface area is 244 Å². The number of halogens is 1. The van der Waals surface area contributed by atoms with Crippen LogP contribution >= 0.6 is 15.9 Å². The van der Waals surface area contributed by atoms with E-state index in [1.165, 1.54) is 0 Å². The van der Waals surface area contributed by atoms with E-state index in [4.69, 9.17) is 9.47 Å². The minimum Gasteiger partial charge on any atom is -0.497 e. The van der Waals surface area contributed by atoms with E-state index in [0.29, 0.717) is 17.9 Å². The number of nitrogens with one attached hydrogen (secondary N) is 1. The first-order valence-corrected chi connectivity index (χ1v) is 14.3. The first kappa shape index (κ1) is 29.2. The summed E-state index contributed by atoms with van der Waals surface area (Å²) in [5, 5.41) is 5.15. The molecule has 4 aromatic carbocycles. The molecule has 0 saturated heterocycles. The Morgan fingerprint density at radius 2 is 1.65 bits per heavy atom. The molecule has 4 aromatic rings. The number of methoxy groups -OCH3 is 1. The maximum atomic E-state index is 13.9. The Hall–Kier alpha value is -3.84. The highest BCUT2D eigenvalue weighted by atomic mass is 79.9. The van der Waals surface area contributed by atoms with Gasteiger partial charge in [-0.2, -0.15) is 0 Å². The summed E-state index contributed by atoms with van der Waals surface area (Å²) < 4.78 is 12.3. The molecule has 0 bridgehead atoms. The summed E-state index contributed by atoms with van der Waals surface area (Å²) in [5.74, 6) is 0.770. The summed E-state index contributed by atoms with van der Waals surface area (Å²) in [6.45, 7) is 3.99. The third kappa shape index (κ3) is 7.42. The maximum absolute atomic E-state index is 13.9. The van der Waals surface area contributed by atoms with Gasteiger partial charge in [0, 0.05) is 19.0 Å². The summed E-state index contributed by atoms with van der Waals surface area (Å²) in [7, 11) is 1.61. The lowest BCUT2D eigenvalue weighted by atomic mass is 10.0. The lowest BCUT2D eigenvalue weighted by Crippen LogP contribution is -2.53. The fourth-order valence-corrected chi connectivity index (χ4v) is 5.12. The van der Waals surface area contributed by atoms with Crippen molar-refractivity contribution in [3.05, 3.63) is 107 Å². The minimum absolute atomic E-state index is 0.0238. The zero-order valence-corrected chi connectivity index (χ0v) is 24.7. The highest BCUT2D eigenvalue weighted by molar-refractivity contribution is 9.10. The zero-order chi connectivity index (χ0) is 28.5. The van der Waals surface area contributed by atoms with Crippen molar-refractivity contribution in [3.8, 4) is 11.5 Å². The van der Waals surface area contributed by atoms with E-state index in [1.54, 1.807) is 12.0 Å². The first-order valence-electron chi connectivity index (χ1n) is 13.5. The van der Waals surface area contributed by atoms with E-state index in [1.807, 2.05) is 105 Å². The average Bonchev–Trinajstić information content (AvgIpc) is 2.99. The molecule has 0 saturated carbocycles. The van der Waals surface area contributed by atoms with Crippen LogP contribution in [0.5, 0.6) is 11.5 Å². The van der Waals surface area contributed by atoms with Crippen molar-refractivity contribution in [2.75, 3.05) is 13.7 Å². The van der Waals surface area contributed by atoms with E-state index in [9.17, 15) is 9.59 Å². The molecule has 208 valence electrons. The number of rotatable bonds is 12. The van der Waals surface area contributed by atoms with Gasteiger partial charge in [0.15, 0.2) is 6.61 Å². The quantitative estimate of drug-likeness (QED) is 0.200. The van der Waals surface area contributed by atoms with Crippen molar-refractivity contribution in [2.24, 2.45) is 0 Å². The van der Waals surface area contributed by atoms with Gasteiger partial charge in [-0.15, -0.1) is 0 Å². The van der Waals surface area contributed by atoms with Gasteiger partial charge in [-0.05, 0) is 69.4 Å². The molecule has 0 aliphatic carbocycles. The zero-order valence-electron chi connectivity index (χ0n) is 23.1. The number of amides is 2. The second-order valence-electron chi connectivity index (χ2n) is 9.78. The molecule has 7 heteroatoms. The smallest absolute Gasteiger partial charge is 0.261 e. The molecule has 0 aliphatic rings. The van der Waals surface area contributed by atoms with Crippen LogP contribution in [0, 0.1) is 0 Å². The standard InChI is InChI=1S/C33H35BrN2O4/c1-4-23(2)35-33(38)29(20-24-11-6-5-7-12-24)36(21-25-13-10-15-27(19-25)39-3)31(37)22-40-30-18-17-26-14-8-9-16-28(26)32(30)34/h5-19,23,29H,4,20-22H2,1-3H3,(H,35,38)/t23-,29+/m0/s1. The fourth-order valence-electron chi connectivity index (χ4n) is 4.51. The Morgan fingerprint density at radius 1 is 0.925 bits per heavy atom. The molecular formula is C33H35BrN2O4. The van der Waals surface area contributed by atoms with E-state index in [-0.39, 0.29) is 31.0 Å². The molecule has 0 heterocycles. The molecule has 0 fully saturated rings. The van der Waals surface area contributed by atoms with Gasteiger partial charge in [0.05, 0.1) is 11.6 Å². The molecule has 4 rings (SSSR count). The lowest BCUT2D eigenvalue weighted by molar-refractivity contribution is -0.143. The summed E-state index contributed by atoms with van der Waals surface area (Å²) in [6.07, 6.45) is 1.16. The highest BCUT2D eigenvalue weighted by Gasteiger charge is 2.31. The largest absolute Gasteiger partial charge is 0.497 e. The molecule has 0 radical (unpaired) electrons. The van der Waals surface area contributed by atoms with Crippen LogP contribution in [-0.2, 0) is 22.6 Å². The Bertz CT molecular complexity index is 1440. The third-order valence-corrected chi connectivity index (χ3v) is 7.76. The monoisotopic (exact) mass is 602 g/mol. The van der Waals surface area contributed by atoms with Crippen LogP contribution in [0.2, 0.25) is 0 Å². The summed E-state index contributed by atoms with van der Waals surface area (Å²) in [6, 6.07) is 28.3. The van der Waals surface area contributed by atoms with Gasteiger partial charge in [-0.25, -0.2) is 0 Å². The van der Waals surface area contributed by atoms with Crippen molar-refractivity contribution >= 4 is 38.5 Å². The molecule has 1 N–H and O–H groups in total. The van der Waals surface area contributed by atoms with Crippen LogP contribution in [0.1, 0.15) is 31.4 Å². The van der Waals surface area contributed by atoms with Gasteiger partial charge in [0.2, 0.25) is 5.91 Å². The SMILES string of the molecule is CC[C@H](C)NC(=O)[C@@H](Cc1ccccc1)N(Cc1cccc(OC)c1)C(=O)COc1ccc2ccccc2c1Br. The van der Waals surface area contributed by atoms with Crippen LogP contribution in [0.4, 0.5) is 0 Å². The third-order valence-electron chi connectivity index (χ3n) is 6.94. The number of fused-ring (bicyclic) bond motifs is 1. The number of carbonyl (C=O) groups is 2. The van der Waals surface area contributed by atoms with Crippen LogP contribution < -0.4 is 14.8 Å². The predicted octanol–water partition coefficient (Wildman–Crippen LogP) is 6.54. The molecule has 0 spiro atoms. The second-order valence-corrected chi connectivity index (χ2v) is 10.6. The molecular weight excluding hydrogens is 568 g/mol. The van der Waals surface area contributed by atoms with Crippen LogP contribution in [0.25, 0.3) is 10.8 Å². The van der Waals surface area contributed by atoms with Crippen molar-refractivity contribution in [1.29, 1.82) is 0 Å². The molecule has 0 unspecified atom stereocenters. The number of benzene rings is 4. The van der Waals surface area contributed by atoms with Gasteiger partial charge in [0.25, 0.3) is 5.91 Å². The van der Waals surface area contributed by atoms with Gasteiger partial charge in [-0.1, -0.05) is 79.7 Å². The fraction of sp³-hybridized carbons (Fsp3) is 0.273. The van der Waals surface area contributed by atoms with Crippen LogP contribution in [-0.4, -0.2) is 42.5 Å². The number of ether oxygens (including phenoxy) is 2. The molecule has 0 aliphatic heterocycles. The lowest BCUT2D eigenvalue weighted by Gasteiger charge is -2.32. The first-order chi connectivity index (χ1) is 19.4. The Balaban J connectivity index is 1.65. The van der Waals surface area contributed by atoms with Crippen molar-refractivity contribution in [1.82, 2.24) is 10.2 Å². The Kier molecular flexibility index (Phi) is 10.2. The van der Waals surface area contributed by atoms with Gasteiger partial charge in [0.1, 0.15) is 17.5 Å². The molecule has 6 nitrogen and oxygen atoms in total. The van der Waals surface area contributed by atoms with Crippen molar-refractivity contribution in [3.63, 3.8) is 0 Å². The minimum atomic E-state index is -0.737. The summed E-state index contributed by atoms with van der Waals surface area (Å²) >= 11 is 3.64. The van der Waals surface area contributed by atoms with Gasteiger partial charge >= 0.3 is 0 Å². The van der Waals surface area contributed by atoms with E-state index >= 15 is 0 Å². The van der Waals surface area contributed by atoms with Crippen molar-refractivity contribution < 1.29 is 19.1 Å². The topological polar surface area (TPSA) is 67.9 Å². The maximum Gasteiger partial charge on any atom is 0.261 e. The molecule has 2 amide bonds. The Morgan fingerprint density at radius 3 is 2.40 bits per heavy atom. The molecule has 0 aromatic heterocycles. The van der Waals surface area contributed by atoms with Crippen LogP contribution in [0.15, 0.2) is 95.5 Å². The second kappa shape index (κ2) is 14.0. The number of hydrogen-bond acceptors (Lipinski definition) is 4. The number of carbonyl (C=O) groups excluding carboxylic acids is 2. The number of hydrogen-bond donors (Lipinski definition) is 1. The van der Waals surface area contributed by atoms with E-state index < -0.39 is 6.04 Å². The van der Waals surface area contributed by atoms with E-state index in [2.05, 4.69) is 21.2 Å². The average molecular weight is 604 g/mol. The normalized spacial score (nSPS) is 12.4. The van der Waals surface area contributed by atoms with Crippen molar-refractivity contribution in [2.45, 2.75) is 45.3 Å². The molecule has 40 heavy (non-hydrogen) atoms. The molecule has 2 atom stereocenters. The van der Waals surface area contributed by atoms with Gasteiger partial charge in [-0.3, -0.25) is 9.59 Å². The van der Waals surface area contributed by atoms with Gasteiger partial charge < -0.3 is 19.7 Å². The summed E-state index contributed by atoms with van der Waals surface area (Å²) in [5.41, 5.74) is 1.82. The number of nitrogens with zero attached hydrogens (tertiary/aromatic N) is 1. The van der Waals surface area contributed by atoms with Crippen LogP contribution in [0.3, 0.4) is 0 Å².